The lowest BCUT2D eigenvalue weighted by molar-refractivity contribution is -0.124. The molecule has 104 valence electrons. The van der Waals surface area contributed by atoms with Gasteiger partial charge in [0.15, 0.2) is 0 Å². The van der Waals surface area contributed by atoms with Crippen molar-refractivity contribution in [3.05, 3.63) is 0 Å². The third kappa shape index (κ3) is 6.56. The lowest BCUT2D eigenvalue weighted by Gasteiger charge is -2.13. The molecule has 1 atom stereocenters. The summed E-state index contributed by atoms with van der Waals surface area (Å²) in [6.07, 6.45) is 2.53. The number of rotatable bonds is 9. The van der Waals surface area contributed by atoms with Gasteiger partial charge in [-0.2, -0.15) is 0 Å². The Balaban J connectivity index is 2.01. The zero-order valence-corrected chi connectivity index (χ0v) is 11.1. The van der Waals surface area contributed by atoms with Gasteiger partial charge in [-0.1, -0.05) is 0 Å². The van der Waals surface area contributed by atoms with E-state index in [0.29, 0.717) is 32.2 Å². The van der Waals surface area contributed by atoms with E-state index in [1.807, 2.05) is 0 Å². The average Bonchev–Trinajstić information content (AvgIpc) is 3.13. The van der Waals surface area contributed by atoms with Crippen molar-refractivity contribution in [3.8, 4) is 0 Å². The lowest BCUT2D eigenvalue weighted by atomic mass is 10.3. The highest BCUT2D eigenvalue weighted by Gasteiger charge is 2.25. The van der Waals surface area contributed by atoms with Gasteiger partial charge in [-0.3, -0.25) is 9.59 Å². The highest BCUT2D eigenvalue weighted by molar-refractivity contribution is 5.82. The minimum Gasteiger partial charge on any atom is -0.383 e. The molecule has 0 spiro atoms. The number of nitrogens with one attached hydrogen (secondary N) is 3. The summed E-state index contributed by atoms with van der Waals surface area (Å²) >= 11 is 0. The van der Waals surface area contributed by atoms with Gasteiger partial charge in [-0.25, -0.2) is 0 Å². The highest BCUT2D eigenvalue weighted by atomic mass is 16.5. The van der Waals surface area contributed by atoms with Crippen molar-refractivity contribution in [2.24, 2.45) is 0 Å². The SMILES string of the molecule is COCCNC(=O)CCNC(C)C(=O)NC1CC1. The topological polar surface area (TPSA) is 79.5 Å². The molecule has 1 aliphatic rings. The van der Waals surface area contributed by atoms with Gasteiger partial charge in [0.25, 0.3) is 0 Å². The van der Waals surface area contributed by atoms with E-state index in [2.05, 4.69) is 16.0 Å². The maximum atomic E-state index is 11.6. The molecule has 0 aromatic carbocycles. The first-order chi connectivity index (χ1) is 8.63. The fourth-order valence-electron chi connectivity index (χ4n) is 1.43. The molecule has 3 N–H and O–H groups in total. The van der Waals surface area contributed by atoms with E-state index >= 15 is 0 Å². The number of carbonyl (C=O) groups is 2. The molecule has 1 rings (SSSR count). The van der Waals surface area contributed by atoms with Gasteiger partial charge in [0.05, 0.1) is 12.6 Å². The van der Waals surface area contributed by atoms with Crippen LogP contribution in [0.1, 0.15) is 26.2 Å². The van der Waals surface area contributed by atoms with Crippen LogP contribution >= 0.6 is 0 Å². The van der Waals surface area contributed by atoms with Crippen molar-refractivity contribution in [2.75, 3.05) is 26.8 Å². The average molecular weight is 257 g/mol. The fourth-order valence-corrected chi connectivity index (χ4v) is 1.43. The fraction of sp³-hybridized carbons (Fsp3) is 0.833. The minimum atomic E-state index is -0.252. The minimum absolute atomic E-state index is 0.0114. The molecular formula is C12H23N3O3. The molecule has 1 aliphatic carbocycles. The molecule has 0 heterocycles. The Labute approximate surface area is 108 Å². The van der Waals surface area contributed by atoms with Crippen LogP contribution in [0.2, 0.25) is 0 Å². The van der Waals surface area contributed by atoms with Gasteiger partial charge in [0.1, 0.15) is 0 Å². The number of methoxy groups -OCH3 is 1. The molecule has 0 bridgehead atoms. The van der Waals surface area contributed by atoms with Gasteiger partial charge in [-0.05, 0) is 19.8 Å². The molecule has 1 saturated carbocycles. The molecule has 6 nitrogen and oxygen atoms in total. The first-order valence-electron chi connectivity index (χ1n) is 6.43. The second-order valence-corrected chi connectivity index (χ2v) is 4.55. The van der Waals surface area contributed by atoms with Crippen LogP contribution < -0.4 is 16.0 Å². The van der Waals surface area contributed by atoms with Crippen LogP contribution in [0, 0.1) is 0 Å². The van der Waals surface area contributed by atoms with Crippen molar-refractivity contribution >= 4 is 11.8 Å². The molecule has 0 saturated heterocycles. The zero-order chi connectivity index (χ0) is 13.4. The Morgan fingerprint density at radius 1 is 1.33 bits per heavy atom. The Hall–Kier alpha value is -1.14. The normalized spacial score (nSPS) is 16.1. The molecule has 0 aromatic heterocycles. The van der Waals surface area contributed by atoms with Crippen LogP contribution in [0.4, 0.5) is 0 Å². The maximum Gasteiger partial charge on any atom is 0.237 e. The van der Waals surface area contributed by atoms with Crippen LogP contribution in [0.3, 0.4) is 0 Å². The Morgan fingerprint density at radius 3 is 2.67 bits per heavy atom. The molecule has 2 amide bonds. The first-order valence-corrected chi connectivity index (χ1v) is 6.43. The summed E-state index contributed by atoms with van der Waals surface area (Å²) in [4.78, 5) is 22.9. The summed E-state index contributed by atoms with van der Waals surface area (Å²) in [6.45, 7) is 3.34. The predicted molar refractivity (Wildman–Crippen MR) is 68.1 cm³/mol. The van der Waals surface area contributed by atoms with E-state index in [1.54, 1.807) is 14.0 Å². The van der Waals surface area contributed by atoms with E-state index < -0.39 is 0 Å². The Kier molecular flexibility index (Phi) is 6.67. The maximum absolute atomic E-state index is 11.6. The van der Waals surface area contributed by atoms with Gasteiger partial charge in [0, 0.05) is 32.7 Å². The van der Waals surface area contributed by atoms with Crippen molar-refractivity contribution in [2.45, 2.75) is 38.3 Å². The lowest BCUT2D eigenvalue weighted by Crippen LogP contribution is -2.44. The summed E-state index contributed by atoms with van der Waals surface area (Å²) < 4.78 is 4.83. The Morgan fingerprint density at radius 2 is 2.06 bits per heavy atom. The van der Waals surface area contributed by atoms with E-state index in [-0.39, 0.29) is 17.9 Å². The standard InChI is InChI=1S/C12H23N3O3/c1-9(12(17)15-10-3-4-10)13-6-5-11(16)14-7-8-18-2/h9-10,13H,3-8H2,1-2H3,(H,14,16)(H,15,17). The molecule has 1 fully saturated rings. The van der Waals surface area contributed by atoms with E-state index in [0.717, 1.165) is 12.8 Å². The number of carbonyl (C=O) groups excluding carboxylic acids is 2. The second-order valence-electron chi connectivity index (χ2n) is 4.55. The van der Waals surface area contributed by atoms with E-state index in [4.69, 9.17) is 4.74 Å². The molecule has 1 unspecified atom stereocenters. The second kappa shape index (κ2) is 8.05. The van der Waals surface area contributed by atoms with E-state index in [1.165, 1.54) is 0 Å². The van der Waals surface area contributed by atoms with Crippen LogP contribution in [0.5, 0.6) is 0 Å². The number of hydrogen-bond donors (Lipinski definition) is 3. The number of amides is 2. The monoisotopic (exact) mass is 257 g/mol. The van der Waals surface area contributed by atoms with Gasteiger partial charge in [0.2, 0.25) is 11.8 Å². The molecule has 6 heteroatoms. The molecule has 0 aromatic rings. The molecule has 18 heavy (non-hydrogen) atoms. The summed E-state index contributed by atoms with van der Waals surface area (Å²) in [5.74, 6) is -0.0216. The summed E-state index contributed by atoms with van der Waals surface area (Å²) in [5, 5.41) is 8.67. The summed E-state index contributed by atoms with van der Waals surface area (Å²) in [6, 6.07) is 0.122. The van der Waals surface area contributed by atoms with Crippen LogP contribution in [-0.2, 0) is 14.3 Å². The molecule has 0 radical (unpaired) electrons. The quantitative estimate of drug-likeness (QED) is 0.482. The van der Waals surface area contributed by atoms with Gasteiger partial charge >= 0.3 is 0 Å². The molecular weight excluding hydrogens is 234 g/mol. The van der Waals surface area contributed by atoms with Crippen molar-refractivity contribution < 1.29 is 14.3 Å². The van der Waals surface area contributed by atoms with Crippen molar-refractivity contribution in [3.63, 3.8) is 0 Å². The predicted octanol–water partition coefficient (Wildman–Crippen LogP) is -0.604. The number of ether oxygens (including phenoxy) is 1. The highest BCUT2D eigenvalue weighted by Crippen LogP contribution is 2.18. The van der Waals surface area contributed by atoms with Gasteiger partial charge < -0.3 is 20.7 Å². The van der Waals surface area contributed by atoms with Crippen molar-refractivity contribution in [1.29, 1.82) is 0 Å². The Bertz CT molecular complexity index is 280. The zero-order valence-electron chi connectivity index (χ0n) is 11.1. The summed E-state index contributed by atoms with van der Waals surface area (Å²) in [5.41, 5.74) is 0. The third-order valence-electron chi connectivity index (χ3n) is 2.75. The van der Waals surface area contributed by atoms with Crippen LogP contribution in [0.15, 0.2) is 0 Å². The van der Waals surface area contributed by atoms with Gasteiger partial charge in [-0.15, -0.1) is 0 Å². The smallest absolute Gasteiger partial charge is 0.237 e. The van der Waals surface area contributed by atoms with Crippen LogP contribution in [0.25, 0.3) is 0 Å². The number of hydrogen-bond acceptors (Lipinski definition) is 4. The third-order valence-corrected chi connectivity index (χ3v) is 2.75. The van der Waals surface area contributed by atoms with E-state index in [9.17, 15) is 9.59 Å². The largest absolute Gasteiger partial charge is 0.383 e. The van der Waals surface area contributed by atoms with Crippen molar-refractivity contribution in [1.82, 2.24) is 16.0 Å². The van der Waals surface area contributed by atoms with Crippen LogP contribution in [-0.4, -0.2) is 50.7 Å². The molecule has 0 aliphatic heterocycles. The summed E-state index contributed by atoms with van der Waals surface area (Å²) in [7, 11) is 1.59. The first kappa shape index (κ1) is 14.9.